The quantitative estimate of drug-likeness (QED) is 0.849. The maximum atomic E-state index is 11.7. The first-order valence-corrected chi connectivity index (χ1v) is 8.10. The molecule has 0 amide bonds. The summed E-state index contributed by atoms with van der Waals surface area (Å²) < 4.78 is 23.4. The molecule has 1 aliphatic rings. The van der Waals surface area contributed by atoms with Crippen molar-refractivity contribution < 1.29 is 18.3 Å². The zero-order valence-corrected chi connectivity index (χ0v) is 12.2. The monoisotopic (exact) mass is 299 g/mol. The third-order valence-electron chi connectivity index (χ3n) is 3.26. The van der Waals surface area contributed by atoms with Gasteiger partial charge in [0.15, 0.2) is 15.7 Å². The van der Waals surface area contributed by atoms with Crippen molar-refractivity contribution in [3.8, 4) is 0 Å². The van der Waals surface area contributed by atoms with Crippen LogP contribution in [0, 0.1) is 13.8 Å². The first kappa shape index (κ1) is 14.7. The van der Waals surface area contributed by atoms with Crippen LogP contribution in [0.3, 0.4) is 0 Å². The number of anilines is 1. The summed E-state index contributed by atoms with van der Waals surface area (Å²) in [6, 6.07) is -0.596. The van der Waals surface area contributed by atoms with Crippen molar-refractivity contribution >= 4 is 21.6 Å². The van der Waals surface area contributed by atoms with Crippen LogP contribution in [-0.4, -0.2) is 53.6 Å². The van der Waals surface area contributed by atoms with Gasteiger partial charge in [-0.25, -0.2) is 13.4 Å². The van der Waals surface area contributed by atoms with Gasteiger partial charge in [0.2, 0.25) is 0 Å². The smallest absolute Gasteiger partial charge is 0.305 e. The van der Waals surface area contributed by atoms with Gasteiger partial charge in [-0.2, -0.15) is 0 Å². The Balaban J connectivity index is 2.37. The summed E-state index contributed by atoms with van der Waals surface area (Å²) in [4.78, 5) is 21.3. The molecule has 7 nitrogen and oxygen atoms in total. The molecular weight excluding hydrogens is 282 g/mol. The van der Waals surface area contributed by atoms with Crippen molar-refractivity contribution in [2.24, 2.45) is 0 Å². The fraction of sp³-hybridized carbons (Fsp3) is 0.583. The second-order valence-corrected chi connectivity index (χ2v) is 7.21. The molecule has 0 spiro atoms. The SMILES string of the molecule is Cc1cnc(C)c(N2CCS(=O)(=O)CC2CC(=O)O)n1. The lowest BCUT2D eigenvalue weighted by Crippen LogP contribution is -2.50. The zero-order valence-electron chi connectivity index (χ0n) is 11.4. The Kier molecular flexibility index (Phi) is 3.94. The van der Waals surface area contributed by atoms with Gasteiger partial charge in [0.1, 0.15) is 0 Å². The Hall–Kier alpha value is -1.70. The summed E-state index contributed by atoms with van der Waals surface area (Å²) in [5.74, 6) is -0.589. The maximum Gasteiger partial charge on any atom is 0.305 e. The maximum absolute atomic E-state index is 11.7. The van der Waals surface area contributed by atoms with Gasteiger partial charge >= 0.3 is 5.97 Å². The summed E-state index contributed by atoms with van der Waals surface area (Å²) in [5.41, 5.74) is 1.39. The summed E-state index contributed by atoms with van der Waals surface area (Å²) in [6.45, 7) is 3.82. The fourth-order valence-electron chi connectivity index (χ4n) is 2.33. The second-order valence-electron chi connectivity index (χ2n) is 4.98. The molecule has 1 aliphatic heterocycles. The number of hydrogen-bond acceptors (Lipinski definition) is 6. The molecule has 2 rings (SSSR count). The van der Waals surface area contributed by atoms with Crippen LogP contribution in [0.25, 0.3) is 0 Å². The van der Waals surface area contributed by atoms with E-state index in [1.54, 1.807) is 24.9 Å². The molecule has 0 aromatic carbocycles. The van der Waals surface area contributed by atoms with Gasteiger partial charge < -0.3 is 10.0 Å². The van der Waals surface area contributed by atoms with Crippen LogP contribution in [0.4, 0.5) is 5.82 Å². The number of carboxylic acids is 1. The first-order valence-electron chi connectivity index (χ1n) is 6.27. The number of rotatable bonds is 3. The molecule has 0 radical (unpaired) electrons. The number of hydrogen-bond donors (Lipinski definition) is 1. The molecule has 1 aromatic heterocycles. The van der Waals surface area contributed by atoms with Crippen LogP contribution in [-0.2, 0) is 14.6 Å². The summed E-state index contributed by atoms with van der Waals surface area (Å²) in [5, 5.41) is 8.97. The highest BCUT2D eigenvalue weighted by atomic mass is 32.2. The average Bonchev–Trinajstić information content (AvgIpc) is 2.31. The molecule has 0 bridgehead atoms. The van der Waals surface area contributed by atoms with Crippen molar-refractivity contribution in [1.82, 2.24) is 9.97 Å². The number of carbonyl (C=O) groups is 1. The second kappa shape index (κ2) is 5.35. The minimum atomic E-state index is -3.19. The Morgan fingerprint density at radius 2 is 2.20 bits per heavy atom. The molecule has 1 saturated heterocycles. The summed E-state index contributed by atoms with van der Waals surface area (Å²) in [6.07, 6.45) is 1.40. The highest BCUT2D eigenvalue weighted by Gasteiger charge is 2.34. The molecule has 0 saturated carbocycles. The van der Waals surface area contributed by atoms with Crippen LogP contribution >= 0.6 is 0 Å². The number of sulfone groups is 1. The molecule has 1 unspecified atom stereocenters. The first-order chi connectivity index (χ1) is 9.28. The van der Waals surface area contributed by atoms with E-state index in [9.17, 15) is 13.2 Å². The zero-order chi connectivity index (χ0) is 14.9. The molecule has 1 fully saturated rings. The molecule has 110 valence electrons. The van der Waals surface area contributed by atoms with Gasteiger partial charge in [-0.05, 0) is 13.8 Å². The lowest BCUT2D eigenvalue weighted by molar-refractivity contribution is -0.137. The molecule has 8 heteroatoms. The highest BCUT2D eigenvalue weighted by molar-refractivity contribution is 7.91. The third-order valence-corrected chi connectivity index (χ3v) is 4.96. The van der Waals surface area contributed by atoms with E-state index in [0.29, 0.717) is 17.2 Å². The average molecular weight is 299 g/mol. The van der Waals surface area contributed by atoms with E-state index in [2.05, 4.69) is 9.97 Å². The van der Waals surface area contributed by atoms with Gasteiger partial charge in [0.25, 0.3) is 0 Å². The number of nitrogens with zero attached hydrogens (tertiary/aromatic N) is 3. The van der Waals surface area contributed by atoms with E-state index in [0.717, 1.165) is 0 Å². The van der Waals surface area contributed by atoms with Crippen molar-refractivity contribution in [2.45, 2.75) is 26.3 Å². The normalized spacial score (nSPS) is 21.7. The Bertz CT molecular complexity index is 630. The molecule has 1 atom stereocenters. The minimum Gasteiger partial charge on any atom is -0.481 e. The lowest BCUT2D eigenvalue weighted by Gasteiger charge is -2.36. The number of aromatic nitrogens is 2. The predicted molar refractivity (Wildman–Crippen MR) is 73.5 cm³/mol. The fourth-order valence-corrected chi connectivity index (χ4v) is 3.86. The lowest BCUT2D eigenvalue weighted by atomic mass is 10.2. The third kappa shape index (κ3) is 3.24. The van der Waals surface area contributed by atoms with Crippen LogP contribution in [0.15, 0.2) is 6.20 Å². The minimum absolute atomic E-state index is 0.0121. The topological polar surface area (TPSA) is 100 Å². The molecule has 1 aromatic rings. The number of aliphatic carboxylic acids is 1. The van der Waals surface area contributed by atoms with E-state index >= 15 is 0 Å². The van der Waals surface area contributed by atoms with E-state index < -0.39 is 21.8 Å². The molecule has 20 heavy (non-hydrogen) atoms. The van der Waals surface area contributed by atoms with E-state index in [4.69, 9.17) is 5.11 Å². The summed E-state index contributed by atoms with van der Waals surface area (Å²) in [7, 11) is -3.19. The van der Waals surface area contributed by atoms with Crippen LogP contribution in [0.5, 0.6) is 0 Å². The highest BCUT2D eigenvalue weighted by Crippen LogP contribution is 2.24. The van der Waals surface area contributed by atoms with Crippen LogP contribution < -0.4 is 4.90 Å². The number of carboxylic acid groups (broad SMARTS) is 1. The van der Waals surface area contributed by atoms with E-state index in [-0.39, 0.29) is 24.5 Å². The largest absolute Gasteiger partial charge is 0.481 e. The van der Waals surface area contributed by atoms with Gasteiger partial charge in [-0.15, -0.1) is 0 Å². The number of aryl methyl sites for hydroxylation is 2. The molecule has 1 N–H and O–H groups in total. The standard InChI is InChI=1S/C12H17N3O4S/c1-8-6-13-9(2)12(14-8)15-3-4-20(18,19)7-10(15)5-11(16)17/h6,10H,3-5,7H2,1-2H3,(H,16,17). The van der Waals surface area contributed by atoms with Gasteiger partial charge in [0, 0.05) is 12.7 Å². The van der Waals surface area contributed by atoms with Crippen LogP contribution in [0.2, 0.25) is 0 Å². The molecule has 2 heterocycles. The summed E-state index contributed by atoms with van der Waals surface area (Å²) >= 11 is 0. The van der Waals surface area contributed by atoms with Crippen molar-refractivity contribution in [1.29, 1.82) is 0 Å². The van der Waals surface area contributed by atoms with E-state index in [1.807, 2.05) is 0 Å². The van der Waals surface area contributed by atoms with Gasteiger partial charge in [-0.1, -0.05) is 0 Å². The van der Waals surface area contributed by atoms with Gasteiger partial charge in [-0.3, -0.25) is 9.78 Å². The molecule has 0 aliphatic carbocycles. The Labute approximate surface area is 117 Å². The van der Waals surface area contributed by atoms with Crippen molar-refractivity contribution in [3.05, 3.63) is 17.6 Å². The van der Waals surface area contributed by atoms with Gasteiger partial charge in [0.05, 0.1) is 35.4 Å². The van der Waals surface area contributed by atoms with Crippen LogP contribution in [0.1, 0.15) is 17.8 Å². The van der Waals surface area contributed by atoms with Crippen molar-refractivity contribution in [3.63, 3.8) is 0 Å². The van der Waals surface area contributed by atoms with Crippen molar-refractivity contribution in [2.75, 3.05) is 23.0 Å². The Morgan fingerprint density at radius 1 is 1.50 bits per heavy atom. The van der Waals surface area contributed by atoms with E-state index in [1.165, 1.54) is 0 Å². The Morgan fingerprint density at radius 3 is 2.85 bits per heavy atom. The predicted octanol–water partition coefficient (Wildman–Crippen LogP) is 0.172. The molecular formula is C12H17N3O4S.